The van der Waals surface area contributed by atoms with Crippen molar-refractivity contribution < 1.29 is 0 Å². The van der Waals surface area contributed by atoms with Crippen molar-refractivity contribution in [3.05, 3.63) is 35.9 Å². The minimum absolute atomic E-state index is 0.835. The first-order valence-electron chi connectivity index (χ1n) is 6.86. The summed E-state index contributed by atoms with van der Waals surface area (Å²) in [4.78, 5) is 0. The maximum Gasteiger partial charge on any atom is -0.0162 e. The van der Waals surface area contributed by atoms with Gasteiger partial charge in [0.25, 0.3) is 0 Å². The van der Waals surface area contributed by atoms with Crippen LogP contribution in [0.5, 0.6) is 0 Å². The Morgan fingerprint density at radius 3 is 2.25 bits per heavy atom. The SMILES string of the molecule is CCC(C)C1CCC(c2ccccc2)CC1. The Balaban J connectivity index is 1.91. The summed E-state index contributed by atoms with van der Waals surface area (Å²) in [7, 11) is 0. The Labute approximate surface area is 100 Å². The van der Waals surface area contributed by atoms with Gasteiger partial charge in [-0.25, -0.2) is 0 Å². The highest BCUT2D eigenvalue weighted by Crippen LogP contribution is 2.39. The van der Waals surface area contributed by atoms with E-state index in [0.717, 1.165) is 17.8 Å². The molecule has 1 saturated carbocycles. The Morgan fingerprint density at radius 1 is 1.06 bits per heavy atom. The molecule has 1 aromatic rings. The van der Waals surface area contributed by atoms with Gasteiger partial charge in [0.1, 0.15) is 0 Å². The highest BCUT2D eigenvalue weighted by Gasteiger charge is 2.24. The fourth-order valence-corrected chi connectivity index (χ4v) is 3.08. The van der Waals surface area contributed by atoms with E-state index in [1.54, 1.807) is 5.56 Å². The third kappa shape index (κ3) is 2.66. The van der Waals surface area contributed by atoms with Gasteiger partial charge >= 0.3 is 0 Å². The average molecular weight is 216 g/mol. The molecule has 1 aromatic carbocycles. The summed E-state index contributed by atoms with van der Waals surface area (Å²) in [5.41, 5.74) is 1.56. The van der Waals surface area contributed by atoms with E-state index in [9.17, 15) is 0 Å². The van der Waals surface area contributed by atoms with Gasteiger partial charge in [-0.1, -0.05) is 50.6 Å². The van der Waals surface area contributed by atoms with E-state index in [2.05, 4.69) is 44.2 Å². The van der Waals surface area contributed by atoms with Gasteiger partial charge in [-0.15, -0.1) is 0 Å². The molecule has 0 heteroatoms. The van der Waals surface area contributed by atoms with Crippen LogP contribution in [0.1, 0.15) is 57.4 Å². The van der Waals surface area contributed by atoms with Crippen molar-refractivity contribution in [3.63, 3.8) is 0 Å². The van der Waals surface area contributed by atoms with Crippen LogP contribution in [0.3, 0.4) is 0 Å². The van der Waals surface area contributed by atoms with Crippen LogP contribution >= 0.6 is 0 Å². The van der Waals surface area contributed by atoms with Crippen molar-refractivity contribution in [2.45, 2.75) is 51.9 Å². The number of hydrogen-bond acceptors (Lipinski definition) is 0. The minimum atomic E-state index is 0.835. The van der Waals surface area contributed by atoms with Crippen molar-refractivity contribution in [2.75, 3.05) is 0 Å². The van der Waals surface area contributed by atoms with Crippen molar-refractivity contribution in [1.29, 1.82) is 0 Å². The Kier molecular flexibility index (Phi) is 4.04. The van der Waals surface area contributed by atoms with Crippen LogP contribution in [0, 0.1) is 11.8 Å². The summed E-state index contributed by atoms with van der Waals surface area (Å²) in [5, 5.41) is 0. The lowest BCUT2D eigenvalue weighted by molar-refractivity contribution is 0.241. The van der Waals surface area contributed by atoms with E-state index in [0.29, 0.717) is 0 Å². The molecule has 16 heavy (non-hydrogen) atoms. The largest absolute Gasteiger partial charge is 0.0651 e. The van der Waals surface area contributed by atoms with E-state index in [-0.39, 0.29) is 0 Å². The van der Waals surface area contributed by atoms with Crippen LogP contribution in [-0.2, 0) is 0 Å². The van der Waals surface area contributed by atoms with Crippen molar-refractivity contribution in [1.82, 2.24) is 0 Å². The second-order valence-electron chi connectivity index (χ2n) is 5.41. The zero-order chi connectivity index (χ0) is 11.4. The smallest absolute Gasteiger partial charge is 0.0162 e. The van der Waals surface area contributed by atoms with E-state index >= 15 is 0 Å². The summed E-state index contributed by atoms with van der Waals surface area (Å²) in [6.45, 7) is 4.75. The van der Waals surface area contributed by atoms with Crippen LogP contribution in [0.25, 0.3) is 0 Å². The first kappa shape index (κ1) is 11.7. The quantitative estimate of drug-likeness (QED) is 0.666. The van der Waals surface area contributed by atoms with E-state index in [4.69, 9.17) is 0 Å². The molecule has 0 heterocycles. The summed E-state index contributed by atoms with van der Waals surface area (Å²) in [6, 6.07) is 11.1. The van der Waals surface area contributed by atoms with Gasteiger partial charge in [-0.3, -0.25) is 0 Å². The van der Waals surface area contributed by atoms with Crippen LogP contribution in [0.15, 0.2) is 30.3 Å². The average Bonchev–Trinajstić information content (AvgIpc) is 2.39. The molecule has 2 rings (SSSR count). The molecule has 1 aliphatic rings. The van der Waals surface area contributed by atoms with Gasteiger partial charge in [0.15, 0.2) is 0 Å². The maximum absolute atomic E-state index is 2.42. The molecule has 1 atom stereocenters. The predicted molar refractivity (Wildman–Crippen MR) is 70.6 cm³/mol. The monoisotopic (exact) mass is 216 g/mol. The van der Waals surface area contributed by atoms with Crippen molar-refractivity contribution >= 4 is 0 Å². The maximum atomic E-state index is 2.42. The van der Waals surface area contributed by atoms with Crippen LogP contribution < -0.4 is 0 Å². The molecule has 1 aliphatic carbocycles. The number of hydrogen-bond donors (Lipinski definition) is 0. The van der Waals surface area contributed by atoms with Crippen LogP contribution in [-0.4, -0.2) is 0 Å². The zero-order valence-corrected chi connectivity index (χ0v) is 10.7. The molecule has 1 unspecified atom stereocenters. The van der Waals surface area contributed by atoms with Crippen molar-refractivity contribution in [3.8, 4) is 0 Å². The fraction of sp³-hybridized carbons (Fsp3) is 0.625. The first-order valence-corrected chi connectivity index (χ1v) is 6.86. The normalized spacial score (nSPS) is 27.6. The van der Waals surface area contributed by atoms with Gasteiger partial charge in [0, 0.05) is 0 Å². The molecule has 88 valence electrons. The summed E-state index contributed by atoms with van der Waals surface area (Å²) in [6.07, 6.45) is 7.03. The molecular weight excluding hydrogens is 192 g/mol. The highest BCUT2D eigenvalue weighted by molar-refractivity contribution is 5.19. The van der Waals surface area contributed by atoms with E-state index in [1.165, 1.54) is 32.1 Å². The van der Waals surface area contributed by atoms with Gasteiger partial charge in [0.05, 0.1) is 0 Å². The van der Waals surface area contributed by atoms with E-state index < -0.39 is 0 Å². The Hall–Kier alpha value is -0.780. The lowest BCUT2D eigenvalue weighted by atomic mass is 9.74. The number of rotatable bonds is 3. The molecule has 0 spiro atoms. The van der Waals surface area contributed by atoms with Gasteiger partial charge in [-0.05, 0) is 49.0 Å². The zero-order valence-electron chi connectivity index (χ0n) is 10.7. The number of benzene rings is 1. The van der Waals surface area contributed by atoms with Crippen molar-refractivity contribution in [2.24, 2.45) is 11.8 Å². The Morgan fingerprint density at radius 2 is 1.69 bits per heavy atom. The Bertz CT molecular complexity index is 293. The second kappa shape index (κ2) is 5.52. The predicted octanol–water partition coefficient (Wildman–Crippen LogP) is 5.01. The molecule has 0 saturated heterocycles. The first-order chi connectivity index (χ1) is 7.81. The van der Waals surface area contributed by atoms with E-state index in [1.807, 2.05) is 0 Å². The molecule has 0 amide bonds. The second-order valence-corrected chi connectivity index (χ2v) is 5.41. The van der Waals surface area contributed by atoms with Crippen LogP contribution in [0.4, 0.5) is 0 Å². The molecular formula is C16H24. The van der Waals surface area contributed by atoms with Gasteiger partial charge in [0.2, 0.25) is 0 Å². The standard InChI is InChI=1S/C16H24/c1-3-13(2)14-9-11-16(12-10-14)15-7-5-4-6-8-15/h4-8,13-14,16H,3,9-12H2,1-2H3. The highest BCUT2D eigenvalue weighted by atomic mass is 14.3. The molecule has 0 nitrogen and oxygen atoms in total. The molecule has 0 aromatic heterocycles. The topological polar surface area (TPSA) is 0 Å². The van der Waals surface area contributed by atoms with Gasteiger partial charge < -0.3 is 0 Å². The van der Waals surface area contributed by atoms with Gasteiger partial charge in [-0.2, -0.15) is 0 Å². The molecule has 0 radical (unpaired) electrons. The third-order valence-electron chi connectivity index (χ3n) is 4.49. The molecule has 0 bridgehead atoms. The molecule has 1 fully saturated rings. The lowest BCUT2D eigenvalue weighted by Crippen LogP contribution is -2.18. The summed E-state index contributed by atoms with van der Waals surface area (Å²) in [5.74, 6) is 2.75. The molecule has 0 aliphatic heterocycles. The lowest BCUT2D eigenvalue weighted by Gasteiger charge is -2.32. The van der Waals surface area contributed by atoms with Crippen LogP contribution in [0.2, 0.25) is 0 Å². The minimum Gasteiger partial charge on any atom is -0.0651 e. The fourth-order valence-electron chi connectivity index (χ4n) is 3.08. The summed E-state index contributed by atoms with van der Waals surface area (Å²) >= 11 is 0. The molecule has 0 N–H and O–H groups in total. The third-order valence-corrected chi connectivity index (χ3v) is 4.49. The summed E-state index contributed by atoms with van der Waals surface area (Å²) < 4.78 is 0.